The molecule has 1 unspecified atom stereocenters. The summed E-state index contributed by atoms with van der Waals surface area (Å²) in [5.41, 5.74) is 0. The number of carboxylic acids is 1. The fraction of sp³-hybridized carbons (Fsp3) is 0.667. The van der Waals surface area contributed by atoms with Gasteiger partial charge in [-0.05, 0) is 6.92 Å². The van der Waals surface area contributed by atoms with Gasteiger partial charge in [-0.1, -0.05) is 0 Å². The summed E-state index contributed by atoms with van der Waals surface area (Å²) >= 11 is 5.01. The van der Waals surface area contributed by atoms with Crippen LogP contribution in [0.2, 0.25) is 0 Å². The van der Waals surface area contributed by atoms with E-state index >= 15 is 0 Å². The van der Waals surface area contributed by atoms with Gasteiger partial charge in [0.25, 0.3) is 0 Å². The van der Waals surface area contributed by atoms with Crippen LogP contribution >= 0.6 is 11.6 Å². The predicted molar refractivity (Wildman–Crippen MR) is 32.9 cm³/mol. The number of carboxylic acid groups (broad SMARTS) is 1. The third-order valence-corrected chi connectivity index (χ3v) is 0.527. The van der Waals surface area contributed by atoms with Crippen LogP contribution in [-0.4, -0.2) is 36.2 Å². The Kier molecular flexibility index (Phi) is 6.76. The number of halogens is 1. The first-order valence-corrected chi connectivity index (χ1v) is 1.95. The molecule has 0 aliphatic rings. The fourth-order valence-corrected chi connectivity index (χ4v) is 0. The summed E-state index contributed by atoms with van der Waals surface area (Å²) in [5.74, 6) is -0.975. The number of rotatable bonds is 1. The third-order valence-electron chi connectivity index (χ3n) is 0.340. The Hall–Kier alpha value is 0.396. The summed E-state index contributed by atoms with van der Waals surface area (Å²) < 4.78 is 0. The van der Waals surface area contributed by atoms with E-state index in [-0.39, 0.29) is 19.8 Å². The molecular formula is C3H8ClGaO2. The van der Waals surface area contributed by atoms with Gasteiger partial charge < -0.3 is 5.11 Å². The van der Waals surface area contributed by atoms with E-state index in [1.807, 2.05) is 0 Å². The molecule has 4 heteroatoms. The molecule has 42 valence electrons. The van der Waals surface area contributed by atoms with Crippen molar-refractivity contribution in [3.05, 3.63) is 0 Å². The predicted octanol–water partition coefficient (Wildman–Crippen LogP) is -0.486. The first-order chi connectivity index (χ1) is 2.64. The van der Waals surface area contributed by atoms with E-state index in [1.54, 1.807) is 0 Å². The summed E-state index contributed by atoms with van der Waals surface area (Å²) in [6.07, 6.45) is 0. The van der Waals surface area contributed by atoms with Crippen molar-refractivity contribution in [1.82, 2.24) is 0 Å². The van der Waals surface area contributed by atoms with Crippen LogP contribution in [0.15, 0.2) is 0 Å². The van der Waals surface area contributed by atoms with Crippen LogP contribution in [-0.2, 0) is 4.79 Å². The van der Waals surface area contributed by atoms with Crippen LogP contribution in [0.3, 0.4) is 0 Å². The first kappa shape index (κ1) is 10.4. The Morgan fingerprint density at radius 2 is 2.00 bits per heavy atom. The fourth-order valence-electron chi connectivity index (χ4n) is 0. The number of aliphatic carboxylic acids is 1. The van der Waals surface area contributed by atoms with Gasteiger partial charge in [0.1, 0.15) is 5.38 Å². The van der Waals surface area contributed by atoms with Crippen molar-refractivity contribution in [2.45, 2.75) is 12.3 Å². The molecule has 0 aromatic heterocycles. The molecular weight excluding hydrogens is 173 g/mol. The second-order valence-corrected chi connectivity index (χ2v) is 1.61. The quantitative estimate of drug-likeness (QED) is 0.438. The van der Waals surface area contributed by atoms with E-state index in [9.17, 15) is 4.79 Å². The zero-order valence-electron chi connectivity index (χ0n) is 3.31. The van der Waals surface area contributed by atoms with E-state index in [0.717, 1.165) is 0 Å². The maximum absolute atomic E-state index is 9.57. The molecule has 0 aliphatic carbocycles. The van der Waals surface area contributed by atoms with E-state index < -0.39 is 11.3 Å². The molecule has 0 aromatic carbocycles. The summed E-state index contributed by atoms with van der Waals surface area (Å²) in [6.45, 7) is 1.41. The number of alkyl halides is 1. The standard InChI is InChI=1S/C3H5ClO2.Ga.3H/c1-2(4)3(5)6;;;;/h2H,1H3,(H,5,6);;;;. The Labute approximate surface area is 59.9 Å². The Morgan fingerprint density at radius 3 is 2.00 bits per heavy atom. The van der Waals surface area contributed by atoms with Crippen LogP contribution in [0, 0.1) is 0 Å². The minimum absolute atomic E-state index is 0. The van der Waals surface area contributed by atoms with Crippen molar-refractivity contribution in [1.29, 1.82) is 0 Å². The van der Waals surface area contributed by atoms with E-state index in [0.29, 0.717) is 0 Å². The van der Waals surface area contributed by atoms with Crippen molar-refractivity contribution >= 4 is 37.4 Å². The molecule has 2 nitrogen and oxygen atoms in total. The molecule has 1 N–H and O–H groups in total. The van der Waals surface area contributed by atoms with Gasteiger partial charge in [-0.25, -0.2) is 0 Å². The molecule has 0 fully saturated rings. The zero-order valence-corrected chi connectivity index (χ0v) is 4.07. The van der Waals surface area contributed by atoms with Gasteiger partial charge in [-0.15, -0.1) is 11.6 Å². The zero-order chi connectivity index (χ0) is 5.15. The van der Waals surface area contributed by atoms with Gasteiger partial charge in [0, 0.05) is 0 Å². The van der Waals surface area contributed by atoms with Gasteiger partial charge in [0.2, 0.25) is 0 Å². The second kappa shape index (κ2) is 4.55. The SMILES string of the molecule is CC(Cl)C(=O)O.[GaH3]. The van der Waals surface area contributed by atoms with Crippen molar-refractivity contribution in [2.24, 2.45) is 0 Å². The average Bonchev–Trinajstić information content (AvgIpc) is 1.36. The maximum atomic E-state index is 9.57. The molecule has 0 heterocycles. The molecule has 0 aliphatic heterocycles. The normalized spacial score (nSPS) is 11.7. The molecule has 0 rings (SSSR count). The summed E-state index contributed by atoms with van der Waals surface area (Å²) in [6, 6.07) is 0. The van der Waals surface area contributed by atoms with Gasteiger partial charge in [-0.2, -0.15) is 0 Å². The number of hydrogen-bond donors (Lipinski definition) is 1. The van der Waals surface area contributed by atoms with Crippen LogP contribution in [0.4, 0.5) is 0 Å². The van der Waals surface area contributed by atoms with Crippen molar-refractivity contribution in [2.75, 3.05) is 0 Å². The van der Waals surface area contributed by atoms with Crippen LogP contribution < -0.4 is 0 Å². The van der Waals surface area contributed by atoms with Crippen molar-refractivity contribution in [3.63, 3.8) is 0 Å². The number of hydrogen-bond acceptors (Lipinski definition) is 1. The molecule has 0 radical (unpaired) electrons. The molecule has 0 spiro atoms. The monoisotopic (exact) mass is 180 g/mol. The molecule has 0 saturated heterocycles. The second-order valence-electron chi connectivity index (χ2n) is 0.954. The van der Waals surface area contributed by atoms with E-state index in [1.165, 1.54) is 6.92 Å². The minimum atomic E-state index is -0.975. The molecule has 0 aromatic rings. The third kappa shape index (κ3) is 6.40. The Bertz CT molecular complexity index is 64.0. The van der Waals surface area contributed by atoms with Gasteiger partial charge in [0.15, 0.2) is 0 Å². The molecule has 0 bridgehead atoms. The molecule has 0 amide bonds. The average molecular weight is 181 g/mol. The van der Waals surface area contributed by atoms with Gasteiger partial charge in [0.05, 0.1) is 0 Å². The van der Waals surface area contributed by atoms with Crippen LogP contribution in [0.5, 0.6) is 0 Å². The van der Waals surface area contributed by atoms with E-state index in [2.05, 4.69) is 0 Å². The van der Waals surface area contributed by atoms with Gasteiger partial charge in [-0.3, -0.25) is 4.79 Å². The number of carbonyl (C=O) groups is 1. The molecule has 1 atom stereocenters. The topological polar surface area (TPSA) is 37.3 Å². The van der Waals surface area contributed by atoms with Crippen molar-refractivity contribution in [3.8, 4) is 0 Å². The van der Waals surface area contributed by atoms with Crippen LogP contribution in [0.1, 0.15) is 6.92 Å². The first-order valence-electron chi connectivity index (χ1n) is 1.51. The Balaban J connectivity index is 0. The molecule has 0 saturated carbocycles. The summed E-state index contributed by atoms with van der Waals surface area (Å²) in [4.78, 5) is 9.57. The van der Waals surface area contributed by atoms with E-state index in [4.69, 9.17) is 16.7 Å². The summed E-state index contributed by atoms with van der Waals surface area (Å²) in [5, 5.41) is 7.10. The van der Waals surface area contributed by atoms with Crippen LogP contribution in [0.25, 0.3) is 0 Å². The summed E-state index contributed by atoms with van der Waals surface area (Å²) in [7, 11) is 0. The molecule has 7 heavy (non-hydrogen) atoms. The van der Waals surface area contributed by atoms with Gasteiger partial charge >= 0.3 is 25.8 Å². The van der Waals surface area contributed by atoms with Crippen molar-refractivity contribution < 1.29 is 9.90 Å². The Morgan fingerprint density at radius 1 is 1.86 bits per heavy atom.